The van der Waals surface area contributed by atoms with E-state index in [-0.39, 0.29) is 11.5 Å². The first-order chi connectivity index (χ1) is 11.1. The number of primary amides is 1. The number of fused-ring (bicyclic) bond motifs is 1. The number of benzene rings is 2. The van der Waals surface area contributed by atoms with Crippen molar-refractivity contribution in [1.82, 2.24) is 4.98 Å². The summed E-state index contributed by atoms with van der Waals surface area (Å²) in [6.07, 6.45) is 1.80. The van der Waals surface area contributed by atoms with E-state index in [9.17, 15) is 9.59 Å². The monoisotopic (exact) mass is 307 g/mol. The van der Waals surface area contributed by atoms with Crippen molar-refractivity contribution in [3.05, 3.63) is 65.9 Å². The lowest BCUT2D eigenvalue weighted by Gasteiger charge is -2.21. The van der Waals surface area contributed by atoms with E-state index in [4.69, 9.17) is 5.73 Å². The van der Waals surface area contributed by atoms with Crippen molar-refractivity contribution in [2.75, 3.05) is 11.4 Å². The summed E-state index contributed by atoms with van der Waals surface area (Å²) in [5, 5.41) is 0.958. The number of aromatic nitrogens is 1. The molecule has 0 unspecified atom stereocenters. The van der Waals surface area contributed by atoms with E-state index in [0.717, 1.165) is 16.6 Å². The number of amides is 2. The summed E-state index contributed by atoms with van der Waals surface area (Å²) in [5.74, 6) is -0.851. The molecule has 0 atom stereocenters. The quantitative estimate of drug-likeness (QED) is 0.777. The highest BCUT2D eigenvalue weighted by atomic mass is 16.2. The molecule has 23 heavy (non-hydrogen) atoms. The number of nitrogens with one attached hydrogen (secondary N) is 1. The van der Waals surface area contributed by atoms with E-state index in [1.165, 1.54) is 0 Å². The van der Waals surface area contributed by atoms with Crippen LogP contribution in [0.3, 0.4) is 0 Å². The molecule has 0 aliphatic heterocycles. The van der Waals surface area contributed by atoms with Crippen LogP contribution in [-0.4, -0.2) is 23.3 Å². The zero-order valence-electron chi connectivity index (χ0n) is 12.7. The second-order valence-electron chi connectivity index (χ2n) is 5.18. The molecule has 0 radical (unpaired) electrons. The van der Waals surface area contributed by atoms with Crippen molar-refractivity contribution in [2.45, 2.75) is 6.92 Å². The van der Waals surface area contributed by atoms with Gasteiger partial charge in [-0.3, -0.25) is 9.59 Å². The largest absolute Gasteiger partial charge is 0.366 e. The van der Waals surface area contributed by atoms with Crippen molar-refractivity contribution in [1.29, 1.82) is 0 Å². The van der Waals surface area contributed by atoms with Gasteiger partial charge in [-0.25, -0.2) is 0 Å². The van der Waals surface area contributed by atoms with Crippen LogP contribution >= 0.6 is 0 Å². The number of nitrogens with two attached hydrogens (primary N) is 1. The third-order valence-corrected chi connectivity index (χ3v) is 3.84. The van der Waals surface area contributed by atoms with Crippen molar-refractivity contribution >= 4 is 28.4 Å². The summed E-state index contributed by atoms with van der Waals surface area (Å²) < 4.78 is 0. The van der Waals surface area contributed by atoms with Gasteiger partial charge in [-0.2, -0.15) is 0 Å². The molecule has 0 aliphatic rings. The summed E-state index contributed by atoms with van der Waals surface area (Å²) >= 11 is 0. The highest BCUT2D eigenvalue weighted by molar-refractivity contribution is 6.15. The molecular weight excluding hydrogens is 290 g/mol. The molecule has 0 fully saturated rings. The molecule has 3 N–H and O–H groups in total. The summed E-state index contributed by atoms with van der Waals surface area (Å²) in [7, 11) is 0. The van der Waals surface area contributed by atoms with Gasteiger partial charge in [0.05, 0.1) is 16.8 Å². The van der Waals surface area contributed by atoms with Gasteiger partial charge >= 0.3 is 0 Å². The molecule has 0 spiro atoms. The van der Waals surface area contributed by atoms with E-state index in [1.54, 1.807) is 35.4 Å². The van der Waals surface area contributed by atoms with Crippen LogP contribution < -0.4 is 10.6 Å². The molecule has 0 saturated carbocycles. The highest BCUT2D eigenvalue weighted by Gasteiger charge is 2.22. The number of H-pyrrole nitrogens is 1. The predicted octanol–water partition coefficient (Wildman–Crippen LogP) is 2.93. The van der Waals surface area contributed by atoms with Crippen LogP contribution in [0.5, 0.6) is 0 Å². The molecule has 116 valence electrons. The zero-order chi connectivity index (χ0) is 16.4. The van der Waals surface area contributed by atoms with Gasteiger partial charge < -0.3 is 15.6 Å². The number of carbonyl (C=O) groups is 2. The number of rotatable bonds is 4. The Balaban J connectivity index is 2.08. The maximum Gasteiger partial charge on any atom is 0.259 e. The molecule has 5 heteroatoms. The molecule has 2 aromatic carbocycles. The Labute approximate surface area is 133 Å². The number of nitrogens with zero attached hydrogens (tertiary/aromatic N) is 1. The Morgan fingerprint density at radius 1 is 1.04 bits per heavy atom. The third kappa shape index (κ3) is 2.57. The van der Waals surface area contributed by atoms with Crippen LogP contribution in [0.4, 0.5) is 5.69 Å². The first-order valence-electron chi connectivity index (χ1n) is 7.40. The van der Waals surface area contributed by atoms with Gasteiger partial charge in [-0.1, -0.05) is 30.3 Å². The maximum absolute atomic E-state index is 12.9. The van der Waals surface area contributed by atoms with Crippen molar-refractivity contribution in [3.63, 3.8) is 0 Å². The number of para-hydroxylation sites is 1. The van der Waals surface area contributed by atoms with Gasteiger partial charge in [0, 0.05) is 23.6 Å². The van der Waals surface area contributed by atoms with Gasteiger partial charge in [-0.15, -0.1) is 0 Å². The van der Waals surface area contributed by atoms with E-state index in [0.29, 0.717) is 12.1 Å². The van der Waals surface area contributed by atoms with Gasteiger partial charge in [0.2, 0.25) is 5.91 Å². The average Bonchev–Trinajstić information content (AvgIpc) is 2.99. The molecule has 2 amide bonds. The SMILES string of the molecule is CCN(C(=O)c1ccccc1C(N)=O)c1c[nH]c2ccccc12. The smallest absolute Gasteiger partial charge is 0.259 e. The number of hydrogen-bond donors (Lipinski definition) is 2. The fourth-order valence-corrected chi connectivity index (χ4v) is 2.73. The summed E-state index contributed by atoms with van der Waals surface area (Å²) in [5.41, 5.74) is 7.67. The Kier molecular flexibility index (Phi) is 3.85. The van der Waals surface area contributed by atoms with Crippen LogP contribution in [0.15, 0.2) is 54.7 Å². The molecular formula is C18H17N3O2. The Morgan fingerprint density at radius 3 is 2.39 bits per heavy atom. The Hall–Kier alpha value is -3.08. The molecule has 3 aromatic rings. The van der Waals surface area contributed by atoms with Gasteiger partial charge in [-0.05, 0) is 25.1 Å². The molecule has 3 rings (SSSR count). The summed E-state index contributed by atoms with van der Waals surface area (Å²) in [6, 6.07) is 14.4. The van der Waals surface area contributed by atoms with E-state index >= 15 is 0 Å². The minimum Gasteiger partial charge on any atom is -0.366 e. The van der Waals surface area contributed by atoms with Crippen molar-refractivity contribution in [3.8, 4) is 0 Å². The number of carbonyl (C=O) groups excluding carboxylic acids is 2. The minimum atomic E-state index is -0.607. The first kappa shape index (κ1) is 14.8. The minimum absolute atomic E-state index is 0.232. The van der Waals surface area contributed by atoms with Crippen molar-refractivity contribution < 1.29 is 9.59 Å². The Bertz CT molecular complexity index is 883. The standard InChI is InChI=1S/C18H17N3O2/c1-2-21(16-11-20-15-10-6-5-9-14(15)16)18(23)13-8-4-3-7-12(13)17(19)22/h3-11,20H,2H2,1H3,(H2,19,22). The molecule has 0 aliphatic carbocycles. The second-order valence-corrected chi connectivity index (χ2v) is 5.18. The first-order valence-corrected chi connectivity index (χ1v) is 7.40. The second kappa shape index (κ2) is 5.96. The summed E-state index contributed by atoms with van der Waals surface area (Å²) in [4.78, 5) is 29.3. The topological polar surface area (TPSA) is 79.2 Å². The fraction of sp³-hybridized carbons (Fsp3) is 0.111. The van der Waals surface area contributed by atoms with E-state index < -0.39 is 5.91 Å². The maximum atomic E-state index is 12.9. The lowest BCUT2D eigenvalue weighted by molar-refractivity contribution is 0.0961. The highest BCUT2D eigenvalue weighted by Crippen LogP contribution is 2.28. The van der Waals surface area contributed by atoms with Gasteiger partial charge in [0.1, 0.15) is 0 Å². The van der Waals surface area contributed by atoms with E-state index in [2.05, 4.69) is 4.98 Å². The van der Waals surface area contributed by atoms with Gasteiger partial charge in [0.25, 0.3) is 5.91 Å². The molecule has 5 nitrogen and oxygen atoms in total. The zero-order valence-corrected chi connectivity index (χ0v) is 12.7. The predicted molar refractivity (Wildman–Crippen MR) is 90.6 cm³/mol. The van der Waals surface area contributed by atoms with Crippen LogP contribution in [0.2, 0.25) is 0 Å². The number of anilines is 1. The number of hydrogen-bond acceptors (Lipinski definition) is 2. The molecule has 1 aromatic heterocycles. The third-order valence-electron chi connectivity index (χ3n) is 3.84. The molecule has 1 heterocycles. The fourth-order valence-electron chi connectivity index (χ4n) is 2.73. The number of aromatic amines is 1. The van der Waals surface area contributed by atoms with Crippen LogP contribution in [0.1, 0.15) is 27.6 Å². The lowest BCUT2D eigenvalue weighted by atomic mass is 10.1. The summed E-state index contributed by atoms with van der Waals surface area (Å²) in [6.45, 7) is 2.38. The van der Waals surface area contributed by atoms with Crippen LogP contribution in [0.25, 0.3) is 10.9 Å². The van der Waals surface area contributed by atoms with Crippen molar-refractivity contribution in [2.24, 2.45) is 5.73 Å². The van der Waals surface area contributed by atoms with Crippen LogP contribution in [-0.2, 0) is 0 Å². The van der Waals surface area contributed by atoms with E-state index in [1.807, 2.05) is 31.2 Å². The van der Waals surface area contributed by atoms with Gasteiger partial charge in [0.15, 0.2) is 0 Å². The molecule has 0 bridgehead atoms. The average molecular weight is 307 g/mol. The molecule has 0 saturated heterocycles. The lowest BCUT2D eigenvalue weighted by Crippen LogP contribution is -2.32. The normalized spacial score (nSPS) is 10.7. The Morgan fingerprint density at radius 2 is 1.70 bits per heavy atom. The van der Waals surface area contributed by atoms with Crippen LogP contribution in [0, 0.1) is 0 Å².